The van der Waals surface area contributed by atoms with E-state index in [1.807, 2.05) is 12.1 Å². The Hall–Kier alpha value is -1.70. The number of hydrogen-bond acceptors (Lipinski definition) is 3. The molecule has 2 aliphatic rings. The molecular weight excluding hydrogens is 329 g/mol. The number of unbranched alkanes of at least 4 members (excludes halogenated alkanes) is 1. The lowest BCUT2D eigenvalue weighted by molar-refractivity contribution is -0.222. The zero-order chi connectivity index (χ0) is 18.4. The molecule has 140 valence electrons. The van der Waals surface area contributed by atoms with Gasteiger partial charge in [0, 0.05) is 11.8 Å². The molecule has 0 amide bonds. The largest absolute Gasteiger partial charge is 0.352 e. The van der Waals surface area contributed by atoms with E-state index in [9.17, 15) is 4.39 Å². The summed E-state index contributed by atoms with van der Waals surface area (Å²) >= 11 is 0. The fourth-order valence-corrected chi connectivity index (χ4v) is 3.97. The van der Waals surface area contributed by atoms with Gasteiger partial charge in [-0.2, -0.15) is 5.26 Å². The molecule has 3 rings (SSSR count). The third kappa shape index (κ3) is 4.72. The molecule has 2 fully saturated rings. The molecule has 3 nitrogen and oxygen atoms in total. The molecule has 0 unspecified atom stereocenters. The second-order valence-electron chi connectivity index (χ2n) is 7.47. The van der Waals surface area contributed by atoms with Crippen molar-refractivity contribution >= 4 is 0 Å². The zero-order valence-electron chi connectivity index (χ0n) is 15.5. The van der Waals surface area contributed by atoms with E-state index in [-0.39, 0.29) is 11.9 Å². The Morgan fingerprint density at radius 2 is 1.92 bits per heavy atom. The van der Waals surface area contributed by atoms with Crippen LogP contribution in [0.15, 0.2) is 30.4 Å². The Kier molecular flexibility index (Phi) is 6.82. The average molecular weight is 357 g/mol. The number of ether oxygens (including phenoxy) is 2. The summed E-state index contributed by atoms with van der Waals surface area (Å²) in [5.41, 5.74) is 1.13. The van der Waals surface area contributed by atoms with Crippen LogP contribution in [0.25, 0.3) is 0 Å². The Morgan fingerprint density at radius 1 is 1.19 bits per heavy atom. The summed E-state index contributed by atoms with van der Waals surface area (Å²) in [5, 5.41) is 8.86. The first kappa shape index (κ1) is 19.1. The predicted molar refractivity (Wildman–Crippen MR) is 99.0 cm³/mol. The van der Waals surface area contributed by atoms with Gasteiger partial charge >= 0.3 is 0 Å². The van der Waals surface area contributed by atoms with Gasteiger partial charge in [-0.25, -0.2) is 4.39 Å². The highest BCUT2D eigenvalue weighted by Gasteiger charge is 2.32. The first-order chi connectivity index (χ1) is 12.7. The predicted octanol–water partition coefficient (Wildman–Crippen LogP) is 5.32. The van der Waals surface area contributed by atoms with Gasteiger partial charge < -0.3 is 9.47 Å². The molecule has 4 heteroatoms. The lowest BCUT2D eigenvalue weighted by Crippen LogP contribution is -2.37. The quantitative estimate of drug-likeness (QED) is 0.670. The lowest BCUT2D eigenvalue weighted by atomic mass is 9.78. The molecule has 1 aliphatic carbocycles. The Morgan fingerprint density at radius 3 is 2.54 bits per heavy atom. The Bertz CT molecular complexity index is 651. The Balaban J connectivity index is 1.47. The van der Waals surface area contributed by atoms with Crippen molar-refractivity contribution in [2.45, 2.75) is 57.7 Å². The maximum absolute atomic E-state index is 13.9. The van der Waals surface area contributed by atoms with E-state index in [0.717, 1.165) is 50.9 Å². The van der Waals surface area contributed by atoms with Crippen LogP contribution < -0.4 is 0 Å². The van der Waals surface area contributed by atoms with Gasteiger partial charge in [-0.3, -0.25) is 0 Å². The maximum Gasteiger partial charge on any atom is 0.160 e. The standard InChI is InChI=1S/C22H28FNO2/c1-2-3-4-5-16-14-25-22(26-15-16)18-8-6-17(7-9-18)19-10-11-20(13-24)21(23)12-19/h4-5,10-12,16-18,22H,2-3,6-9,14-15H2,1H3/b5-4+. The average Bonchev–Trinajstić information content (AvgIpc) is 2.69. The van der Waals surface area contributed by atoms with E-state index in [1.54, 1.807) is 6.07 Å². The molecule has 0 radical (unpaired) electrons. The number of nitriles is 1. The van der Waals surface area contributed by atoms with Crippen molar-refractivity contribution in [3.8, 4) is 6.07 Å². The van der Waals surface area contributed by atoms with Crippen LogP contribution >= 0.6 is 0 Å². The number of hydrogen-bond donors (Lipinski definition) is 0. The minimum atomic E-state index is -0.409. The van der Waals surface area contributed by atoms with E-state index in [0.29, 0.717) is 17.8 Å². The number of rotatable bonds is 5. The molecule has 0 spiro atoms. The molecule has 1 saturated carbocycles. The van der Waals surface area contributed by atoms with E-state index in [2.05, 4.69) is 19.1 Å². The number of halogens is 1. The fourth-order valence-electron chi connectivity index (χ4n) is 3.97. The van der Waals surface area contributed by atoms with E-state index in [1.165, 1.54) is 12.5 Å². The lowest BCUT2D eigenvalue weighted by Gasteiger charge is -2.37. The van der Waals surface area contributed by atoms with Crippen LogP contribution in [0.1, 0.15) is 62.5 Å². The first-order valence-corrected chi connectivity index (χ1v) is 9.80. The van der Waals surface area contributed by atoms with Gasteiger partial charge in [0.1, 0.15) is 11.9 Å². The monoisotopic (exact) mass is 357 g/mol. The highest BCUT2D eigenvalue weighted by atomic mass is 19.1. The zero-order valence-corrected chi connectivity index (χ0v) is 15.5. The highest BCUT2D eigenvalue weighted by molar-refractivity contribution is 5.34. The summed E-state index contributed by atoms with van der Waals surface area (Å²) in [5.74, 6) is 0.751. The summed E-state index contributed by atoms with van der Waals surface area (Å²) in [7, 11) is 0. The van der Waals surface area contributed by atoms with Gasteiger partial charge in [0.05, 0.1) is 18.8 Å². The van der Waals surface area contributed by atoms with Gasteiger partial charge in [-0.05, 0) is 55.7 Å². The molecule has 1 aromatic rings. The molecule has 1 aromatic carbocycles. The van der Waals surface area contributed by atoms with Crippen molar-refractivity contribution in [3.05, 3.63) is 47.3 Å². The van der Waals surface area contributed by atoms with Gasteiger partial charge in [-0.15, -0.1) is 0 Å². The van der Waals surface area contributed by atoms with Crippen molar-refractivity contribution in [2.75, 3.05) is 13.2 Å². The summed E-state index contributed by atoms with van der Waals surface area (Å²) < 4.78 is 25.8. The van der Waals surface area contributed by atoms with Crippen LogP contribution in [-0.2, 0) is 9.47 Å². The van der Waals surface area contributed by atoms with Crippen molar-refractivity contribution in [1.29, 1.82) is 5.26 Å². The molecule has 0 atom stereocenters. The van der Waals surface area contributed by atoms with E-state index >= 15 is 0 Å². The topological polar surface area (TPSA) is 42.2 Å². The second kappa shape index (κ2) is 9.30. The highest BCUT2D eigenvalue weighted by Crippen LogP contribution is 2.39. The SMILES string of the molecule is CCC/C=C/C1COC(C2CCC(c3ccc(C#N)c(F)c3)CC2)OC1. The third-order valence-electron chi connectivity index (χ3n) is 5.55. The summed E-state index contributed by atoms with van der Waals surface area (Å²) in [6.45, 7) is 3.66. The normalized spacial score (nSPS) is 29.6. The minimum Gasteiger partial charge on any atom is -0.352 e. The van der Waals surface area contributed by atoms with E-state index < -0.39 is 5.82 Å². The molecule has 1 heterocycles. The van der Waals surface area contributed by atoms with Crippen LogP contribution in [-0.4, -0.2) is 19.5 Å². The number of benzene rings is 1. The summed E-state index contributed by atoms with van der Waals surface area (Å²) in [4.78, 5) is 0. The van der Waals surface area contributed by atoms with Crippen molar-refractivity contribution < 1.29 is 13.9 Å². The minimum absolute atomic E-state index is 0.0931. The first-order valence-electron chi connectivity index (χ1n) is 9.80. The van der Waals surface area contributed by atoms with E-state index in [4.69, 9.17) is 14.7 Å². The molecule has 1 saturated heterocycles. The second-order valence-corrected chi connectivity index (χ2v) is 7.47. The molecule has 1 aliphatic heterocycles. The third-order valence-corrected chi connectivity index (χ3v) is 5.55. The van der Waals surface area contributed by atoms with Crippen molar-refractivity contribution in [3.63, 3.8) is 0 Å². The number of nitrogens with zero attached hydrogens (tertiary/aromatic N) is 1. The smallest absolute Gasteiger partial charge is 0.160 e. The van der Waals surface area contributed by atoms with Gasteiger partial charge in [0.2, 0.25) is 0 Å². The molecule has 0 N–H and O–H groups in total. The van der Waals surface area contributed by atoms with Gasteiger partial charge in [0.15, 0.2) is 6.29 Å². The molecule has 0 aromatic heterocycles. The summed E-state index contributed by atoms with van der Waals surface area (Å²) in [6, 6.07) is 6.90. The van der Waals surface area contributed by atoms with Crippen molar-refractivity contribution in [1.82, 2.24) is 0 Å². The van der Waals surface area contributed by atoms with Crippen LogP contribution in [0, 0.1) is 29.0 Å². The molecular formula is C22H28FNO2. The van der Waals surface area contributed by atoms with Gasteiger partial charge in [0.25, 0.3) is 0 Å². The molecule has 26 heavy (non-hydrogen) atoms. The summed E-state index contributed by atoms with van der Waals surface area (Å²) in [6.07, 6.45) is 10.7. The maximum atomic E-state index is 13.9. The van der Waals surface area contributed by atoms with Crippen molar-refractivity contribution in [2.24, 2.45) is 11.8 Å². The number of allylic oxidation sites excluding steroid dienone is 1. The van der Waals surface area contributed by atoms with Gasteiger partial charge in [-0.1, -0.05) is 31.6 Å². The molecule has 0 bridgehead atoms. The Labute approximate surface area is 155 Å². The van der Waals surface area contributed by atoms with Crippen LogP contribution in [0.3, 0.4) is 0 Å². The van der Waals surface area contributed by atoms with Crippen LogP contribution in [0.4, 0.5) is 4.39 Å². The van der Waals surface area contributed by atoms with Crippen LogP contribution in [0.2, 0.25) is 0 Å². The fraction of sp³-hybridized carbons (Fsp3) is 0.591. The van der Waals surface area contributed by atoms with Crippen LogP contribution in [0.5, 0.6) is 0 Å².